The maximum absolute atomic E-state index is 10.9. The fraction of sp³-hybridized carbons (Fsp3) is 0.500. The van der Waals surface area contributed by atoms with Gasteiger partial charge in [-0.2, -0.15) is 0 Å². The van der Waals surface area contributed by atoms with Crippen LogP contribution >= 0.6 is 0 Å². The van der Waals surface area contributed by atoms with Gasteiger partial charge >= 0.3 is 11.9 Å². The summed E-state index contributed by atoms with van der Waals surface area (Å²) in [5.41, 5.74) is 0. The third-order valence-electron chi connectivity index (χ3n) is 2.56. The van der Waals surface area contributed by atoms with Gasteiger partial charge in [-0.1, -0.05) is 11.8 Å². The molecule has 3 atom stereocenters. The van der Waals surface area contributed by atoms with Crippen molar-refractivity contribution in [3.8, 4) is 11.8 Å². The molecule has 2 bridgehead atoms. The van der Waals surface area contributed by atoms with Gasteiger partial charge in [-0.05, 0) is 12.5 Å². The summed E-state index contributed by atoms with van der Waals surface area (Å²) in [6, 6.07) is 0. The maximum atomic E-state index is 10.9. The molecule has 0 spiro atoms. The minimum Gasteiger partial charge on any atom is -0.457 e. The minimum atomic E-state index is -0.391. The molecule has 0 fully saturated rings. The average molecular weight is 220 g/mol. The molecule has 2 aliphatic carbocycles. The van der Waals surface area contributed by atoms with Crippen LogP contribution in [0, 0.1) is 23.7 Å². The highest BCUT2D eigenvalue weighted by Gasteiger charge is 2.36. The molecule has 3 unspecified atom stereocenters. The van der Waals surface area contributed by atoms with Crippen molar-refractivity contribution >= 4 is 11.9 Å². The fourth-order valence-corrected chi connectivity index (χ4v) is 1.96. The lowest BCUT2D eigenvalue weighted by Crippen LogP contribution is -2.28. The van der Waals surface area contributed by atoms with E-state index in [9.17, 15) is 9.59 Å². The van der Waals surface area contributed by atoms with Gasteiger partial charge in [0.2, 0.25) is 0 Å². The highest BCUT2D eigenvalue weighted by molar-refractivity contribution is 5.68. The van der Waals surface area contributed by atoms with Crippen LogP contribution < -0.4 is 0 Å². The predicted octanol–water partition coefficient (Wildman–Crippen LogP) is 1.02. The molecular weight excluding hydrogens is 208 g/mol. The van der Waals surface area contributed by atoms with E-state index in [-0.39, 0.29) is 23.8 Å². The van der Waals surface area contributed by atoms with Crippen molar-refractivity contribution in [2.45, 2.75) is 26.4 Å². The number of hydrogen-bond donors (Lipinski definition) is 0. The predicted molar refractivity (Wildman–Crippen MR) is 54.8 cm³/mol. The van der Waals surface area contributed by atoms with Crippen LogP contribution in [0.4, 0.5) is 0 Å². The van der Waals surface area contributed by atoms with Crippen molar-refractivity contribution in [2.24, 2.45) is 11.8 Å². The summed E-state index contributed by atoms with van der Waals surface area (Å²) in [5, 5.41) is 0. The Balaban J connectivity index is 2.18. The third-order valence-corrected chi connectivity index (χ3v) is 2.56. The van der Waals surface area contributed by atoms with E-state index in [4.69, 9.17) is 9.47 Å². The molecule has 0 heterocycles. The van der Waals surface area contributed by atoms with Gasteiger partial charge in [0.15, 0.2) is 0 Å². The van der Waals surface area contributed by atoms with Gasteiger partial charge in [0, 0.05) is 13.8 Å². The van der Waals surface area contributed by atoms with Crippen molar-refractivity contribution in [3.63, 3.8) is 0 Å². The van der Waals surface area contributed by atoms with Crippen LogP contribution in [-0.4, -0.2) is 18.0 Å². The summed E-state index contributed by atoms with van der Waals surface area (Å²) in [6.45, 7) is 2.70. The first kappa shape index (κ1) is 10.7. The molecule has 84 valence electrons. The van der Waals surface area contributed by atoms with Crippen molar-refractivity contribution in [1.29, 1.82) is 0 Å². The molecule has 16 heavy (non-hydrogen) atoms. The zero-order valence-corrected chi connectivity index (χ0v) is 9.15. The zero-order valence-electron chi connectivity index (χ0n) is 9.15. The normalized spacial score (nSPS) is 29.9. The summed E-state index contributed by atoms with van der Waals surface area (Å²) in [7, 11) is 0. The second-order valence-electron chi connectivity index (χ2n) is 3.92. The number of rotatable bonds is 2. The van der Waals surface area contributed by atoms with Gasteiger partial charge in [0.25, 0.3) is 0 Å². The lowest BCUT2D eigenvalue weighted by atomic mass is 9.89. The average Bonchev–Trinajstić information content (AvgIpc) is 2.57. The quantitative estimate of drug-likeness (QED) is 0.515. The highest BCUT2D eigenvalue weighted by Crippen LogP contribution is 2.35. The molecule has 4 nitrogen and oxygen atoms in total. The highest BCUT2D eigenvalue weighted by atomic mass is 16.6. The lowest BCUT2D eigenvalue weighted by Gasteiger charge is -2.25. The molecule has 0 saturated carbocycles. The zero-order chi connectivity index (χ0) is 11.7. The first-order valence-electron chi connectivity index (χ1n) is 5.14. The van der Waals surface area contributed by atoms with Crippen molar-refractivity contribution in [1.82, 2.24) is 0 Å². The second-order valence-corrected chi connectivity index (χ2v) is 3.92. The van der Waals surface area contributed by atoms with E-state index in [0.29, 0.717) is 5.76 Å². The number of fused-ring (bicyclic) bond motifs is 2. The second kappa shape index (κ2) is 4.01. The number of esters is 2. The molecule has 0 N–H and O–H groups in total. The van der Waals surface area contributed by atoms with E-state index >= 15 is 0 Å². The van der Waals surface area contributed by atoms with Crippen LogP contribution in [0.15, 0.2) is 11.8 Å². The number of hydrogen-bond acceptors (Lipinski definition) is 4. The molecule has 0 amide bonds. The Morgan fingerprint density at radius 2 is 2.06 bits per heavy atom. The van der Waals surface area contributed by atoms with Crippen LogP contribution in [-0.2, 0) is 19.1 Å². The first-order chi connectivity index (χ1) is 7.56. The Morgan fingerprint density at radius 1 is 1.31 bits per heavy atom. The molecule has 2 aliphatic rings. The van der Waals surface area contributed by atoms with E-state index in [1.807, 2.05) is 0 Å². The molecule has 2 rings (SSSR count). The Hall–Kier alpha value is -1.76. The Labute approximate surface area is 93.6 Å². The fourth-order valence-electron chi connectivity index (χ4n) is 1.96. The smallest absolute Gasteiger partial charge is 0.307 e. The summed E-state index contributed by atoms with van der Waals surface area (Å²) < 4.78 is 10.2. The van der Waals surface area contributed by atoms with Crippen LogP contribution in [0.1, 0.15) is 20.3 Å². The maximum Gasteiger partial charge on any atom is 0.307 e. The van der Waals surface area contributed by atoms with Crippen LogP contribution in [0.25, 0.3) is 0 Å². The van der Waals surface area contributed by atoms with Crippen LogP contribution in [0.2, 0.25) is 0 Å². The van der Waals surface area contributed by atoms with Gasteiger partial charge in [-0.25, -0.2) is 0 Å². The largest absolute Gasteiger partial charge is 0.457 e. The molecule has 4 heteroatoms. The third kappa shape index (κ3) is 2.08. The summed E-state index contributed by atoms with van der Waals surface area (Å²) >= 11 is 0. The summed E-state index contributed by atoms with van der Waals surface area (Å²) in [4.78, 5) is 21.8. The molecular formula is C12H12O4. The summed E-state index contributed by atoms with van der Waals surface area (Å²) in [6.07, 6.45) is 2.02. The monoisotopic (exact) mass is 220 g/mol. The molecule has 0 aromatic rings. The number of carbonyl (C=O) groups excluding carboxylic acids is 2. The Bertz CT molecular complexity index is 424. The van der Waals surface area contributed by atoms with Crippen molar-refractivity contribution < 1.29 is 19.1 Å². The van der Waals surface area contributed by atoms with Gasteiger partial charge < -0.3 is 9.47 Å². The van der Waals surface area contributed by atoms with Gasteiger partial charge in [0.05, 0.1) is 11.8 Å². The lowest BCUT2D eigenvalue weighted by molar-refractivity contribution is -0.146. The summed E-state index contributed by atoms with van der Waals surface area (Å²) in [5.74, 6) is 5.79. The SMILES string of the molecule is CC(=O)OC1=CC(OC(C)=O)C2C#CC1C2. The van der Waals surface area contributed by atoms with E-state index in [1.54, 1.807) is 6.08 Å². The standard InChI is InChI=1S/C12H12O4/c1-7(13)15-11-6-12(16-8(2)14)10-4-3-9(11)5-10/h6,9-11H,5H2,1-2H3. The van der Waals surface area contributed by atoms with E-state index in [1.165, 1.54) is 13.8 Å². The van der Waals surface area contributed by atoms with Gasteiger partial charge in [-0.3, -0.25) is 9.59 Å². The molecule has 0 saturated heterocycles. The molecule has 0 aromatic heterocycles. The van der Waals surface area contributed by atoms with Crippen LogP contribution in [0.3, 0.4) is 0 Å². The van der Waals surface area contributed by atoms with E-state index < -0.39 is 6.10 Å². The number of allylic oxidation sites excluding steroid dienone is 1. The molecule has 0 aliphatic heterocycles. The van der Waals surface area contributed by atoms with E-state index in [0.717, 1.165) is 6.42 Å². The minimum absolute atomic E-state index is 0.0271. The number of ether oxygens (including phenoxy) is 2. The molecule has 0 aromatic carbocycles. The van der Waals surface area contributed by atoms with Gasteiger partial charge in [0.1, 0.15) is 11.9 Å². The van der Waals surface area contributed by atoms with Gasteiger partial charge in [-0.15, -0.1) is 0 Å². The Kier molecular flexibility index (Phi) is 2.69. The van der Waals surface area contributed by atoms with E-state index in [2.05, 4.69) is 11.8 Å². The van der Waals surface area contributed by atoms with Crippen molar-refractivity contribution in [2.75, 3.05) is 0 Å². The van der Waals surface area contributed by atoms with Crippen LogP contribution in [0.5, 0.6) is 0 Å². The topological polar surface area (TPSA) is 52.6 Å². The van der Waals surface area contributed by atoms with Crippen molar-refractivity contribution in [3.05, 3.63) is 11.8 Å². The molecule has 0 radical (unpaired) electrons. The number of carbonyl (C=O) groups is 2. The first-order valence-corrected chi connectivity index (χ1v) is 5.14. The Morgan fingerprint density at radius 3 is 2.69 bits per heavy atom.